The number of benzene rings is 2. The number of ketones is 1. The SMILES string of the molecule is CC(=O)c1cc(N)c(OCc2ccccc2)cc1F. The van der Waals surface area contributed by atoms with Gasteiger partial charge in [-0.05, 0) is 18.6 Å². The summed E-state index contributed by atoms with van der Waals surface area (Å²) in [6.07, 6.45) is 0. The quantitative estimate of drug-likeness (QED) is 0.677. The van der Waals surface area contributed by atoms with Crippen LogP contribution in [0, 0.1) is 5.82 Å². The van der Waals surface area contributed by atoms with Gasteiger partial charge < -0.3 is 10.5 Å². The molecule has 0 aromatic heterocycles. The van der Waals surface area contributed by atoms with Crippen LogP contribution in [-0.4, -0.2) is 5.78 Å². The van der Waals surface area contributed by atoms with Crippen molar-refractivity contribution in [2.24, 2.45) is 0 Å². The molecule has 0 saturated carbocycles. The molecule has 2 aromatic carbocycles. The Morgan fingerprint density at radius 3 is 2.58 bits per heavy atom. The predicted octanol–water partition coefficient (Wildman–Crippen LogP) is 3.19. The molecule has 0 atom stereocenters. The number of ether oxygens (including phenoxy) is 1. The van der Waals surface area contributed by atoms with Crippen molar-refractivity contribution in [3.63, 3.8) is 0 Å². The van der Waals surface area contributed by atoms with Gasteiger partial charge in [0.2, 0.25) is 0 Å². The van der Waals surface area contributed by atoms with Crippen LogP contribution in [0.15, 0.2) is 42.5 Å². The lowest BCUT2D eigenvalue weighted by Gasteiger charge is -2.10. The Morgan fingerprint density at radius 2 is 1.95 bits per heavy atom. The molecule has 98 valence electrons. The molecule has 0 radical (unpaired) electrons. The molecule has 0 fully saturated rings. The fourth-order valence-corrected chi connectivity index (χ4v) is 1.70. The Hall–Kier alpha value is -2.36. The number of halogens is 1. The highest BCUT2D eigenvalue weighted by Gasteiger charge is 2.12. The second-order valence-electron chi connectivity index (χ2n) is 4.20. The first-order valence-electron chi connectivity index (χ1n) is 5.84. The Balaban J connectivity index is 2.17. The number of carbonyl (C=O) groups is 1. The molecule has 3 nitrogen and oxygen atoms in total. The van der Waals surface area contributed by atoms with Gasteiger partial charge in [0.25, 0.3) is 0 Å². The number of anilines is 1. The van der Waals surface area contributed by atoms with E-state index in [9.17, 15) is 9.18 Å². The molecule has 0 aliphatic carbocycles. The van der Waals surface area contributed by atoms with Crippen LogP contribution < -0.4 is 10.5 Å². The molecule has 0 heterocycles. The van der Waals surface area contributed by atoms with Gasteiger partial charge in [-0.2, -0.15) is 0 Å². The van der Waals surface area contributed by atoms with Crippen LogP contribution in [0.5, 0.6) is 5.75 Å². The first-order chi connectivity index (χ1) is 9.08. The van der Waals surface area contributed by atoms with Crippen LogP contribution in [0.1, 0.15) is 22.8 Å². The maximum atomic E-state index is 13.7. The molecule has 0 aliphatic heterocycles. The Morgan fingerprint density at radius 1 is 1.26 bits per heavy atom. The van der Waals surface area contributed by atoms with Crippen molar-refractivity contribution in [2.45, 2.75) is 13.5 Å². The van der Waals surface area contributed by atoms with Crippen molar-refractivity contribution < 1.29 is 13.9 Å². The highest BCUT2D eigenvalue weighted by molar-refractivity contribution is 5.95. The van der Waals surface area contributed by atoms with Crippen LogP contribution in [0.4, 0.5) is 10.1 Å². The Kier molecular flexibility index (Phi) is 3.80. The standard InChI is InChI=1S/C15H14FNO2/c1-10(18)12-7-14(17)15(8-13(12)16)19-9-11-5-3-2-4-6-11/h2-8H,9,17H2,1H3. The van der Waals surface area contributed by atoms with E-state index in [1.807, 2.05) is 30.3 Å². The molecular formula is C15H14FNO2. The molecule has 2 N–H and O–H groups in total. The third-order valence-electron chi connectivity index (χ3n) is 2.72. The molecular weight excluding hydrogens is 245 g/mol. The molecule has 0 unspecified atom stereocenters. The molecule has 19 heavy (non-hydrogen) atoms. The van der Waals surface area contributed by atoms with Crippen LogP contribution >= 0.6 is 0 Å². The van der Waals surface area contributed by atoms with E-state index in [4.69, 9.17) is 10.5 Å². The Bertz CT molecular complexity index is 597. The number of nitrogens with two attached hydrogens (primary N) is 1. The van der Waals surface area contributed by atoms with Gasteiger partial charge in [0.05, 0.1) is 11.3 Å². The average Bonchev–Trinajstić information content (AvgIpc) is 2.40. The third-order valence-corrected chi connectivity index (χ3v) is 2.72. The van der Waals surface area contributed by atoms with Gasteiger partial charge in [-0.3, -0.25) is 4.79 Å². The first-order valence-corrected chi connectivity index (χ1v) is 5.84. The minimum Gasteiger partial charge on any atom is -0.487 e. The van der Waals surface area contributed by atoms with Gasteiger partial charge in [-0.15, -0.1) is 0 Å². The lowest BCUT2D eigenvalue weighted by Crippen LogP contribution is -2.03. The lowest BCUT2D eigenvalue weighted by molar-refractivity contribution is 0.101. The normalized spacial score (nSPS) is 10.2. The van der Waals surface area contributed by atoms with E-state index < -0.39 is 5.82 Å². The molecule has 0 saturated heterocycles. The summed E-state index contributed by atoms with van der Waals surface area (Å²) in [6.45, 7) is 1.59. The second-order valence-corrected chi connectivity index (χ2v) is 4.20. The van der Waals surface area contributed by atoms with Crippen molar-refractivity contribution >= 4 is 11.5 Å². The summed E-state index contributed by atoms with van der Waals surface area (Å²) < 4.78 is 19.1. The summed E-state index contributed by atoms with van der Waals surface area (Å²) in [6, 6.07) is 11.9. The zero-order valence-corrected chi connectivity index (χ0v) is 10.5. The van der Waals surface area contributed by atoms with Crippen LogP contribution in [-0.2, 0) is 6.61 Å². The summed E-state index contributed by atoms with van der Waals surface area (Å²) in [5.74, 6) is -0.741. The van der Waals surface area contributed by atoms with Gasteiger partial charge in [0.1, 0.15) is 18.2 Å². The summed E-state index contributed by atoms with van der Waals surface area (Å²) in [4.78, 5) is 11.2. The molecule has 2 aromatic rings. The summed E-state index contributed by atoms with van der Waals surface area (Å²) in [7, 11) is 0. The number of rotatable bonds is 4. The van der Waals surface area contributed by atoms with Crippen molar-refractivity contribution in [3.05, 3.63) is 59.4 Å². The predicted molar refractivity (Wildman–Crippen MR) is 71.6 cm³/mol. The van der Waals surface area contributed by atoms with Gasteiger partial charge in [-0.1, -0.05) is 30.3 Å². The van der Waals surface area contributed by atoms with E-state index in [-0.39, 0.29) is 22.8 Å². The molecule has 2 rings (SSSR count). The van der Waals surface area contributed by atoms with E-state index in [1.165, 1.54) is 13.0 Å². The minimum absolute atomic E-state index is 0.0236. The fraction of sp³-hybridized carbons (Fsp3) is 0.133. The fourth-order valence-electron chi connectivity index (χ4n) is 1.70. The maximum absolute atomic E-state index is 13.7. The monoisotopic (exact) mass is 259 g/mol. The average molecular weight is 259 g/mol. The summed E-state index contributed by atoms with van der Waals surface area (Å²) in [5, 5.41) is 0. The Labute approximate surface area is 110 Å². The highest BCUT2D eigenvalue weighted by Crippen LogP contribution is 2.26. The number of carbonyl (C=O) groups excluding carboxylic acids is 1. The van der Waals surface area contributed by atoms with Crippen LogP contribution in [0.25, 0.3) is 0 Å². The largest absolute Gasteiger partial charge is 0.487 e. The smallest absolute Gasteiger partial charge is 0.162 e. The summed E-state index contributed by atoms with van der Waals surface area (Å²) in [5.41, 5.74) is 6.93. The molecule has 0 amide bonds. The van der Waals surface area contributed by atoms with Crippen molar-refractivity contribution in [1.29, 1.82) is 0 Å². The number of hydrogen-bond donors (Lipinski definition) is 1. The van der Waals surface area contributed by atoms with Crippen molar-refractivity contribution in [2.75, 3.05) is 5.73 Å². The van der Waals surface area contributed by atoms with Crippen molar-refractivity contribution in [3.8, 4) is 5.75 Å². The minimum atomic E-state index is -0.621. The third kappa shape index (κ3) is 3.10. The molecule has 0 aliphatic rings. The maximum Gasteiger partial charge on any atom is 0.162 e. The number of Topliss-reactive ketones (excluding diaryl/α,β-unsaturated/α-hetero) is 1. The van der Waals surface area contributed by atoms with Crippen LogP contribution in [0.3, 0.4) is 0 Å². The summed E-state index contributed by atoms with van der Waals surface area (Å²) >= 11 is 0. The van der Waals surface area contributed by atoms with Gasteiger partial charge in [-0.25, -0.2) is 4.39 Å². The van der Waals surface area contributed by atoms with E-state index >= 15 is 0 Å². The number of nitrogen functional groups attached to an aromatic ring is 1. The van der Waals surface area contributed by atoms with E-state index in [0.29, 0.717) is 6.61 Å². The topological polar surface area (TPSA) is 52.3 Å². The highest BCUT2D eigenvalue weighted by atomic mass is 19.1. The van der Waals surface area contributed by atoms with Crippen LogP contribution in [0.2, 0.25) is 0 Å². The number of hydrogen-bond acceptors (Lipinski definition) is 3. The second kappa shape index (κ2) is 5.52. The van der Waals surface area contributed by atoms with E-state index in [2.05, 4.69) is 0 Å². The van der Waals surface area contributed by atoms with Gasteiger partial charge in [0.15, 0.2) is 5.78 Å². The first kappa shape index (κ1) is 13.1. The molecule has 0 bridgehead atoms. The van der Waals surface area contributed by atoms with E-state index in [1.54, 1.807) is 0 Å². The van der Waals surface area contributed by atoms with E-state index in [0.717, 1.165) is 11.6 Å². The molecule has 4 heteroatoms. The van der Waals surface area contributed by atoms with Gasteiger partial charge >= 0.3 is 0 Å². The molecule has 0 spiro atoms. The lowest BCUT2D eigenvalue weighted by atomic mass is 10.1. The van der Waals surface area contributed by atoms with Gasteiger partial charge in [0, 0.05) is 6.07 Å². The zero-order valence-electron chi connectivity index (χ0n) is 10.5. The zero-order chi connectivity index (χ0) is 13.8. The van der Waals surface area contributed by atoms with Crippen molar-refractivity contribution in [1.82, 2.24) is 0 Å².